The molecule has 8 heteroatoms. The van der Waals surface area contributed by atoms with Gasteiger partial charge in [0.1, 0.15) is 0 Å². The van der Waals surface area contributed by atoms with Gasteiger partial charge in [0, 0.05) is 6.54 Å². The molecule has 20 heavy (non-hydrogen) atoms. The van der Waals surface area contributed by atoms with E-state index in [0.717, 1.165) is 19.3 Å². The standard InChI is InChI=1S/C12H14N4O4/c17-10-7-2-1-3-8(7)11(18)16(10)5-4-15-6-9(12(19)20)13-14-15/h6-8H,1-5H2,(H,19,20). The molecule has 2 atom stereocenters. The summed E-state index contributed by atoms with van der Waals surface area (Å²) in [5, 5.41) is 15.9. The average Bonchev–Trinajstić information content (AvgIpc) is 3.10. The Labute approximate surface area is 114 Å². The quantitative estimate of drug-likeness (QED) is 0.762. The summed E-state index contributed by atoms with van der Waals surface area (Å²) in [7, 11) is 0. The van der Waals surface area contributed by atoms with Crippen molar-refractivity contribution in [1.29, 1.82) is 0 Å². The topological polar surface area (TPSA) is 105 Å². The van der Waals surface area contributed by atoms with Crippen molar-refractivity contribution in [1.82, 2.24) is 19.9 Å². The maximum atomic E-state index is 12.1. The fraction of sp³-hybridized carbons (Fsp3) is 0.583. The van der Waals surface area contributed by atoms with Gasteiger partial charge in [-0.15, -0.1) is 5.10 Å². The first-order valence-electron chi connectivity index (χ1n) is 6.56. The van der Waals surface area contributed by atoms with Crippen molar-refractivity contribution in [2.75, 3.05) is 6.54 Å². The number of carbonyl (C=O) groups excluding carboxylic acids is 2. The summed E-state index contributed by atoms with van der Waals surface area (Å²) >= 11 is 0. The van der Waals surface area contributed by atoms with Crippen molar-refractivity contribution in [2.45, 2.75) is 25.8 Å². The van der Waals surface area contributed by atoms with Gasteiger partial charge in [0.15, 0.2) is 5.69 Å². The van der Waals surface area contributed by atoms with Crippen LogP contribution >= 0.6 is 0 Å². The lowest BCUT2D eigenvalue weighted by Crippen LogP contribution is -2.34. The SMILES string of the molecule is O=C(O)c1cn(CCN2C(=O)C3CCCC3C2=O)nn1. The summed E-state index contributed by atoms with van der Waals surface area (Å²) in [6.45, 7) is 0.476. The predicted octanol–water partition coefficient (Wildman–Crippen LogP) is -0.239. The van der Waals surface area contributed by atoms with Gasteiger partial charge >= 0.3 is 5.97 Å². The van der Waals surface area contributed by atoms with Crippen molar-refractivity contribution in [3.8, 4) is 0 Å². The third-order valence-electron chi connectivity index (χ3n) is 3.99. The predicted molar refractivity (Wildman–Crippen MR) is 64.5 cm³/mol. The van der Waals surface area contributed by atoms with Crippen LogP contribution in [0.4, 0.5) is 0 Å². The largest absolute Gasteiger partial charge is 0.476 e. The second-order valence-electron chi connectivity index (χ2n) is 5.14. The number of aromatic nitrogens is 3. The highest BCUT2D eigenvalue weighted by Crippen LogP contribution is 2.39. The summed E-state index contributed by atoms with van der Waals surface area (Å²) in [6.07, 6.45) is 3.80. The van der Waals surface area contributed by atoms with E-state index in [0.29, 0.717) is 0 Å². The van der Waals surface area contributed by atoms with Crippen molar-refractivity contribution in [3.63, 3.8) is 0 Å². The highest BCUT2D eigenvalue weighted by Gasteiger charge is 2.49. The van der Waals surface area contributed by atoms with Crippen LogP contribution in [0.25, 0.3) is 0 Å². The highest BCUT2D eigenvalue weighted by atomic mass is 16.4. The van der Waals surface area contributed by atoms with Gasteiger partial charge in [-0.2, -0.15) is 0 Å². The molecular weight excluding hydrogens is 264 g/mol. The second-order valence-corrected chi connectivity index (χ2v) is 5.14. The number of hydrogen-bond acceptors (Lipinski definition) is 5. The first-order valence-corrected chi connectivity index (χ1v) is 6.56. The number of aromatic carboxylic acids is 1. The smallest absolute Gasteiger partial charge is 0.358 e. The minimum absolute atomic E-state index is 0.101. The zero-order valence-electron chi connectivity index (χ0n) is 10.7. The number of likely N-dealkylation sites (tertiary alicyclic amines) is 1. The maximum Gasteiger partial charge on any atom is 0.358 e. The first kappa shape index (κ1) is 12.8. The average molecular weight is 278 g/mol. The lowest BCUT2D eigenvalue weighted by molar-refractivity contribution is -0.140. The molecule has 1 aliphatic heterocycles. The molecule has 1 aromatic heterocycles. The number of carboxylic acids is 1. The highest BCUT2D eigenvalue weighted by molar-refractivity contribution is 6.05. The Morgan fingerprint density at radius 3 is 2.45 bits per heavy atom. The van der Waals surface area contributed by atoms with Crippen LogP contribution in [0.5, 0.6) is 0 Å². The molecule has 1 saturated heterocycles. The molecule has 2 amide bonds. The van der Waals surface area contributed by atoms with Crippen LogP contribution < -0.4 is 0 Å². The van der Waals surface area contributed by atoms with Crippen LogP contribution in [0, 0.1) is 11.8 Å². The van der Waals surface area contributed by atoms with Crippen molar-refractivity contribution in [2.24, 2.45) is 11.8 Å². The molecule has 2 unspecified atom stereocenters. The number of fused-ring (bicyclic) bond motifs is 1. The van der Waals surface area contributed by atoms with Crippen molar-refractivity contribution in [3.05, 3.63) is 11.9 Å². The minimum Gasteiger partial charge on any atom is -0.476 e. The van der Waals surface area contributed by atoms with E-state index >= 15 is 0 Å². The molecule has 2 aliphatic rings. The number of hydrogen-bond donors (Lipinski definition) is 1. The van der Waals surface area contributed by atoms with E-state index in [4.69, 9.17) is 5.11 Å². The molecule has 1 N–H and O–H groups in total. The molecule has 1 saturated carbocycles. The zero-order valence-corrected chi connectivity index (χ0v) is 10.7. The molecule has 0 radical (unpaired) electrons. The van der Waals surface area contributed by atoms with E-state index in [9.17, 15) is 14.4 Å². The Morgan fingerprint density at radius 2 is 1.90 bits per heavy atom. The number of nitrogens with zero attached hydrogens (tertiary/aromatic N) is 4. The van der Waals surface area contributed by atoms with Crippen molar-refractivity contribution < 1.29 is 19.5 Å². The van der Waals surface area contributed by atoms with E-state index in [-0.39, 0.29) is 42.4 Å². The molecule has 106 valence electrons. The molecule has 0 bridgehead atoms. The molecule has 1 aliphatic carbocycles. The van der Waals surface area contributed by atoms with Gasteiger partial charge in [-0.3, -0.25) is 14.5 Å². The Bertz CT molecular complexity index is 560. The number of rotatable bonds is 4. The van der Waals surface area contributed by atoms with E-state index in [1.165, 1.54) is 15.8 Å². The molecule has 2 fully saturated rings. The first-order chi connectivity index (χ1) is 9.58. The van der Waals surface area contributed by atoms with Gasteiger partial charge in [-0.25, -0.2) is 9.48 Å². The second kappa shape index (κ2) is 4.69. The van der Waals surface area contributed by atoms with Gasteiger partial charge < -0.3 is 5.11 Å². The van der Waals surface area contributed by atoms with Gasteiger partial charge in [0.25, 0.3) is 0 Å². The lowest BCUT2D eigenvalue weighted by Gasteiger charge is -2.15. The summed E-state index contributed by atoms with van der Waals surface area (Å²) in [6, 6.07) is 0. The van der Waals surface area contributed by atoms with Gasteiger partial charge in [-0.1, -0.05) is 11.6 Å². The fourth-order valence-corrected chi connectivity index (χ4v) is 2.99. The van der Waals surface area contributed by atoms with Crippen LogP contribution in [0.2, 0.25) is 0 Å². The normalized spacial score (nSPS) is 25.3. The van der Waals surface area contributed by atoms with Crippen molar-refractivity contribution >= 4 is 17.8 Å². The Balaban J connectivity index is 1.65. The minimum atomic E-state index is -1.15. The Hall–Kier alpha value is -2.25. The molecule has 1 aromatic rings. The van der Waals surface area contributed by atoms with Gasteiger partial charge in [0.05, 0.1) is 24.6 Å². The summed E-state index contributed by atoms with van der Waals surface area (Å²) in [5.74, 6) is -1.65. The number of amides is 2. The van der Waals surface area contributed by atoms with Crippen LogP contribution in [0.3, 0.4) is 0 Å². The summed E-state index contributed by atoms with van der Waals surface area (Å²) in [4.78, 5) is 36.1. The molecule has 0 spiro atoms. The zero-order chi connectivity index (χ0) is 14.3. The van der Waals surface area contributed by atoms with Crippen LogP contribution in [-0.2, 0) is 16.1 Å². The third kappa shape index (κ3) is 1.97. The van der Waals surface area contributed by atoms with Crippen LogP contribution in [-0.4, -0.2) is 49.3 Å². The van der Waals surface area contributed by atoms with E-state index in [2.05, 4.69) is 10.3 Å². The van der Waals surface area contributed by atoms with E-state index < -0.39 is 5.97 Å². The number of carbonyl (C=O) groups is 3. The van der Waals surface area contributed by atoms with Crippen LogP contribution in [0.1, 0.15) is 29.8 Å². The molecular formula is C12H14N4O4. The van der Waals surface area contributed by atoms with E-state index in [1.54, 1.807) is 0 Å². The Morgan fingerprint density at radius 1 is 1.25 bits per heavy atom. The van der Waals surface area contributed by atoms with Gasteiger partial charge in [-0.05, 0) is 12.8 Å². The molecule has 8 nitrogen and oxygen atoms in total. The van der Waals surface area contributed by atoms with Crippen LogP contribution in [0.15, 0.2) is 6.20 Å². The monoisotopic (exact) mass is 278 g/mol. The van der Waals surface area contributed by atoms with Gasteiger partial charge in [0.2, 0.25) is 11.8 Å². The maximum absolute atomic E-state index is 12.1. The number of imide groups is 1. The fourth-order valence-electron chi connectivity index (χ4n) is 2.99. The lowest BCUT2D eigenvalue weighted by atomic mass is 10.00. The number of carboxylic acid groups (broad SMARTS) is 1. The molecule has 2 heterocycles. The van der Waals surface area contributed by atoms with E-state index in [1.807, 2.05) is 0 Å². The Kier molecular flexibility index (Phi) is 3.00. The summed E-state index contributed by atoms with van der Waals surface area (Å²) < 4.78 is 1.33. The molecule has 0 aromatic carbocycles. The summed E-state index contributed by atoms with van der Waals surface area (Å²) in [5.41, 5.74) is -0.152. The molecule has 3 rings (SSSR count). The third-order valence-corrected chi connectivity index (χ3v) is 3.99.